The molecule has 0 saturated carbocycles. The van der Waals surface area contributed by atoms with Crippen LogP contribution < -0.4 is 5.32 Å². The summed E-state index contributed by atoms with van der Waals surface area (Å²) >= 11 is 1.45. The third kappa shape index (κ3) is 3.52. The van der Waals surface area contributed by atoms with Crippen LogP contribution in [0.1, 0.15) is 11.9 Å². The molecule has 1 N–H and O–H groups in total. The third-order valence-corrected chi connectivity index (χ3v) is 2.15. The van der Waals surface area contributed by atoms with Crippen molar-refractivity contribution < 1.29 is 9.53 Å². The highest BCUT2D eigenvalue weighted by molar-refractivity contribution is 7.15. The molecule has 0 unspecified atom stereocenters. The molecule has 1 aromatic rings. The molecule has 0 aromatic carbocycles. The second-order valence-electron chi connectivity index (χ2n) is 2.43. The number of aromatic nitrogens is 1. The number of nitrogens with zero attached hydrogens (tertiary/aromatic N) is 1. The molecule has 0 atom stereocenters. The number of carbonyl (C=O) groups is 1. The van der Waals surface area contributed by atoms with E-state index >= 15 is 0 Å². The topological polar surface area (TPSA) is 51.2 Å². The minimum absolute atomic E-state index is 0.105. The fraction of sp³-hybridized carbons (Fsp3) is 0.500. The van der Waals surface area contributed by atoms with Crippen molar-refractivity contribution in [3.05, 3.63) is 11.2 Å². The van der Waals surface area contributed by atoms with Gasteiger partial charge in [0.05, 0.1) is 11.2 Å². The normalized spacial score (nSPS) is 10.0. The van der Waals surface area contributed by atoms with E-state index in [1.165, 1.54) is 11.3 Å². The number of ether oxygens (including phenoxy) is 1. The van der Waals surface area contributed by atoms with Crippen molar-refractivity contribution in [2.75, 3.05) is 18.5 Å². The summed E-state index contributed by atoms with van der Waals surface area (Å²) in [6, 6.07) is 0. The number of hydrogen-bond acceptors (Lipinski definition) is 4. The van der Waals surface area contributed by atoms with Crippen molar-refractivity contribution in [2.24, 2.45) is 0 Å². The molecule has 1 aromatic heterocycles. The Bertz CT molecular complexity index is 285. The Morgan fingerprint density at radius 3 is 3.08 bits per heavy atom. The molecule has 1 amide bonds. The van der Waals surface area contributed by atoms with Gasteiger partial charge in [-0.15, -0.1) is 11.3 Å². The summed E-state index contributed by atoms with van der Waals surface area (Å²) in [5.41, 5.74) is 0. The fourth-order valence-corrected chi connectivity index (χ4v) is 1.48. The van der Waals surface area contributed by atoms with Gasteiger partial charge < -0.3 is 10.1 Å². The lowest BCUT2D eigenvalue weighted by molar-refractivity contribution is -0.120. The summed E-state index contributed by atoms with van der Waals surface area (Å²) in [5, 5.41) is 4.39. The van der Waals surface area contributed by atoms with Gasteiger partial charge in [-0.2, -0.15) is 0 Å². The number of amides is 1. The Labute approximate surface area is 80.9 Å². The van der Waals surface area contributed by atoms with Crippen LogP contribution in [0, 0.1) is 6.92 Å². The molecule has 0 spiro atoms. The maximum Gasteiger partial charge on any atom is 0.251 e. The lowest BCUT2D eigenvalue weighted by Gasteiger charge is -2.00. The standard InChI is InChI=1S/C8H12N2O2S/c1-3-12-5-7(11)10-8-4-9-6(2)13-8/h4H,3,5H2,1-2H3,(H,10,11). The molecule has 1 rings (SSSR count). The number of nitrogens with one attached hydrogen (secondary N) is 1. The van der Waals surface area contributed by atoms with Crippen molar-refractivity contribution in [3.8, 4) is 0 Å². The Morgan fingerprint density at radius 1 is 1.77 bits per heavy atom. The molecule has 0 radical (unpaired) electrons. The number of rotatable bonds is 4. The van der Waals surface area contributed by atoms with Crippen LogP contribution in [-0.4, -0.2) is 24.1 Å². The van der Waals surface area contributed by atoms with Crippen LogP contribution in [0.4, 0.5) is 5.00 Å². The number of aryl methyl sites for hydroxylation is 1. The van der Waals surface area contributed by atoms with Crippen LogP contribution in [-0.2, 0) is 9.53 Å². The Balaban J connectivity index is 2.36. The SMILES string of the molecule is CCOCC(=O)Nc1cnc(C)s1. The Morgan fingerprint density at radius 2 is 2.54 bits per heavy atom. The summed E-state index contributed by atoms with van der Waals surface area (Å²) in [5.74, 6) is -0.134. The summed E-state index contributed by atoms with van der Waals surface area (Å²) in [4.78, 5) is 15.1. The molecule has 0 aliphatic rings. The largest absolute Gasteiger partial charge is 0.372 e. The first-order valence-electron chi connectivity index (χ1n) is 4.02. The van der Waals surface area contributed by atoms with Gasteiger partial charge in [0.2, 0.25) is 0 Å². The Kier molecular flexibility index (Phi) is 3.85. The van der Waals surface area contributed by atoms with E-state index in [4.69, 9.17) is 4.74 Å². The van der Waals surface area contributed by atoms with Crippen LogP contribution in [0.2, 0.25) is 0 Å². The van der Waals surface area contributed by atoms with E-state index in [-0.39, 0.29) is 12.5 Å². The molecule has 72 valence electrons. The van der Waals surface area contributed by atoms with Crippen molar-refractivity contribution in [1.29, 1.82) is 0 Å². The van der Waals surface area contributed by atoms with E-state index in [1.54, 1.807) is 6.20 Å². The van der Waals surface area contributed by atoms with E-state index in [1.807, 2.05) is 13.8 Å². The summed E-state index contributed by atoms with van der Waals surface area (Å²) in [7, 11) is 0. The van der Waals surface area contributed by atoms with Gasteiger partial charge in [0.25, 0.3) is 5.91 Å². The molecular weight excluding hydrogens is 188 g/mol. The monoisotopic (exact) mass is 200 g/mol. The van der Waals surface area contributed by atoms with Crippen molar-refractivity contribution in [3.63, 3.8) is 0 Å². The average Bonchev–Trinajstić information content (AvgIpc) is 2.48. The highest BCUT2D eigenvalue weighted by atomic mass is 32.1. The zero-order valence-electron chi connectivity index (χ0n) is 7.66. The molecule has 0 saturated heterocycles. The maximum atomic E-state index is 11.1. The molecule has 0 bridgehead atoms. The second kappa shape index (κ2) is 4.94. The van der Waals surface area contributed by atoms with E-state index in [2.05, 4.69) is 10.3 Å². The first-order chi connectivity index (χ1) is 6.22. The molecule has 0 aliphatic carbocycles. The number of thiazole rings is 1. The molecule has 4 nitrogen and oxygen atoms in total. The van der Waals surface area contributed by atoms with Crippen LogP contribution in [0.5, 0.6) is 0 Å². The molecule has 1 heterocycles. The van der Waals surface area contributed by atoms with Crippen molar-refractivity contribution >= 4 is 22.2 Å². The highest BCUT2D eigenvalue weighted by Crippen LogP contribution is 2.16. The third-order valence-electron chi connectivity index (χ3n) is 1.32. The predicted octanol–water partition coefficient (Wildman–Crippen LogP) is 1.43. The smallest absolute Gasteiger partial charge is 0.251 e. The first-order valence-corrected chi connectivity index (χ1v) is 4.84. The van der Waals surface area contributed by atoms with E-state index in [0.29, 0.717) is 6.61 Å². The summed E-state index contributed by atoms with van der Waals surface area (Å²) < 4.78 is 4.95. The van der Waals surface area contributed by atoms with Gasteiger partial charge in [-0.3, -0.25) is 4.79 Å². The minimum Gasteiger partial charge on any atom is -0.372 e. The first kappa shape index (κ1) is 10.1. The van der Waals surface area contributed by atoms with Crippen LogP contribution in [0.3, 0.4) is 0 Å². The molecular formula is C8H12N2O2S. The van der Waals surface area contributed by atoms with Crippen molar-refractivity contribution in [1.82, 2.24) is 4.98 Å². The lowest BCUT2D eigenvalue weighted by atomic mass is 10.6. The minimum atomic E-state index is -0.134. The fourth-order valence-electron chi connectivity index (χ4n) is 0.787. The van der Waals surface area contributed by atoms with Crippen LogP contribution in [0.15, 0.2) is 6.20 Å². The molecule has 0 aliphatic heterocycles. The number of hydrogen-bond donors (Lipinski definition) is 1. The molecule has 13 heavy (non-hydrogen) atoms. The molecule has 0 fully saturated rings. The highest BCUT2D eigenvalue weighted by Gasteiger charge is 2.03. The van der Waals surface area contributed by atoms with Gasteiger partial charge in [-0.25, -0.2) is 4.98 Å². The van der Waals surface area contributed by atoms with Gasteiger partial charge in [0.15, 0.2) is 0 Å². The predicted molar refractivity (Wildman–Crippen MR) is 52.0 cm³/mol. The van der Waals surface area contributed by atoms with Gasteiger partial charge >= 0.3 is 0 Å². The lowest BCUT2D eigenvalue weighted by Crippen LogP contribution is -2.17. The summed E-state index contributed by atoms with van der Waals surface area (Å²) in [6.45, 7) is 4.40. The number of carbonyl (C=O) groups excluding carboxylic acids is 1. The van der Waals surface area contributed by atoms with Crippen LogP contribution >= 0.6 is 11.3 Å². The van der Waals surface area contributed by atoms with E-state index < -0.39 is 0 Å². The second-order valence-corrected chi connectivity index (χ2v) is 3.66. The zero-order valence-corrected chi connectivity index (χ0v) is 8.48. The molecule has 5 heteroatoms. The van der Waals surface area contributed by atoms with Crippen molar-refractivity contribution in [2.45, 2.75) is 13.8 Å². The van der Waals surface area contributed by atoms with Gasteiger partial charge in [0.1, 0.15) is 11.6 Å². The van der Waals surface area contributed by atoms with Gasteiger partial charge in [-0.1, -0.05) is 0 Å². The van der Waals surface area contributed by atoms with Gasteiger partial charge in [0, 0.05) is 6.61 Å². The van der Waals surface area contributed by atoms with Crippen LogP contribution in [0.25, 0.3) is 0 Å². The Hall–Kier alpha value is -0.940. The zero-order chi connectivity index (χ0) is 9.68. The van der Waals surface area contributed by atoms with E-state index in [9.17, 15) is 4.79 Å². The maximum absolute atomic E-state index is 11.1. The number of anilines is 1. The van der Waals surface area contributed by atoms with E-state index in [0.717, 1.165) is 10.0 Å². The average molecular weight is 200 g/mol. The quantitative estimate of drug-likeness (QED) is 0.799. The summed E-state index contributed by atoms with van der Waals surface area (Å²) in [6.07, 6.45) is 1.64. The van der Waals surface area contributed by atoms with Gasteiger partial charge in [-0.05, 0) is 13.8 Å².